The molecule has 0 radical (unpaired) electrons. The van der Waals surface area contributed by atoms with Crippen LogP contribution in [0, 0.1) is 5.92 Å². The molecule has 0 spiro atoms. The second-order valence-electron chi connectivity index (χ2n) is 16.9. The maximum atomic E-state index is 12.7. The van der Waals surface area contributed by atoms with E-state index >= 15 is 0 Å². The van der Waals surface area contributed by atoms with E-state index in [-0.39, 0.29) is 31.1 Å². The number of carbonyl (C=O) groups excluding carboxylic acids is 3. The molecule has 0 amide bonds. The van der Waals surface area contributed by atoms with Gasteiger partial charge in [0.25, 0.3) is 0 Å². The van der Waals surface area contributed by atoms with Crippen LogP contribution in [0.25, 0.3) is 0 Å². The smallest absolute Gasteiger partial charge is 0.306 e. The van der Waals surface area contributed by atoms with Gasteiger partial charge in [0.1, 0.15) is 13.2 Å². The van der Waals surface area contributed by atoms with Crippen molar-refractivity contribution < 1.29 is 28.6 Å². The van der Waals surface area contributed by atoms with Gasteiger partial charge in [0.05, 0.1) is 0 Å². The van der Waals surface area contributed by atoms with Crippen molar-refractivity contribution in [2.24, 2.45) is 5.92 Å². The molecular weight excluding hydrogens is 673 g/mol. The topological polar surface area (TPSA) is 78.9 Å². The van der Waals surface area contributed by atoms with Crippen molar-refractivity contribution in [3.05, 3.63) is 0 Å². The third-order valence-electron chi connectivity index (χ3n) is 10.8. The number of rotatable bonds is 43. The lowest BCUT2D eigenvalue weighted by molar-refractivity contribution is -0.167. The summed E-state index contributed by atoms with van der Waals surface area (Å²) in [5.74, 6) is -0.0925. The van der Waals surface area contributed by atoms with Crippen LogP contribution in [-0.4, -0.2) is 37.2 Å². The standard InChI is InChI=1S/C48H92O6/c1-5-7-9-11-13-15-17-18-19-20-21-23-24-26-31-35-39-46(49)52-42-45(43-53-47(50)40-36-32-29-28-30-34-38-44(3)4)54-48(51)41-37-33-27-25-22-16-14-12-10-8-6-2/h44-45H,5-43H2,1-4H3/t45-/m1/s1. The molecule has 0 unspecified atom stereocenters. The van der Waals surface area contributed by atoms with Gasteiger partial charge in [-0.3, -0.25) is 14.4 Å². The van der Waals surface area contributed by atoms with Crippen LogP contribution in [0.1, 0.15) is 265 Å². The van der Waals surface area contributed by atoms with Gasteiger partial charge in [0.15, 0.2) is 6.10 Å². The Balaban J connectivity index is 4.26. The molecule has 0 N–H and O–H groups in total. The SMILES string of the molecule is CCCCCCCCCCCCCCCCCCC(=O)OC[C@H](COC(=O)CCCCCCCCC(C)C)OC(=O)CCCCCCCCCCCCC. The molecule has 0 fully saturated rings. The van der Waals surface area contributed by atoms with Crippen LogP contribution >= 0.6 is 0 Å². The van der Waals surface area contributed by atoms with Crippen molar-refractivity contribution in [3.8, 4) is 0 Å². The summed E-state index contributed by atoms with van der Waals surface area (Å²) in [5.41, 5.74) is 0. The summed E-state index contributed by atoms with van der Waals surface area (Å²) >= 11 is 0. The van der Waals surface area contributed by atoms with E-state index in [1.54, 1.807) is 0 Å². The molecule has 0 aromatic heterocycles. The molecule has 0 aromatic rings. The van der Waals surface area contributed by atoms with Crippen molar-refractivity contribution >= 4 is 17.9 Å². The molecule has 0 heterocycles. The highest BCUT2D eigenvalue weighted by atomic mass is 16.6. The van der Waals surface area contributed by atoms with Crippen molar-refractivity contribution in [2.45, 2.75) is 271 Å². The number of esters is 3. The quantitative estimate of drug-likeness (QED) is 0.0349. The first-order valence-corrected chi connectivity index (χ1v) is 23.9. The first-order chi connectivity index (χ1) is 26.4. The molecule has 0 bridgehead atoms. The van der Waals surface area contributed by atoms with Gasteiger partial charge in [-0.2, -0.15) is 0 Å². The summed E-state index contributed by atoms with van der Waals surface area (Å²) in [4.78, 5) is 37.7. The number of ether oxygens (including phenoxy) is 3. The van der Waals surface area contributed by atoms with Crippen LogP contribution in [0.5, 0.6) is 0 Å². The van der Waals surface area contributed by atoms with Crippen LogP contribution in [0.2, 0.25) is 0 Å². The van der Waals surface area contributed by atoms with Crippen molar-refractivity contribution in [1.29, 1.82) is 0 Å². The predicted octanol–water partition coefficient (Wildman–Crippen LogP) is 15.1. The van der Waals surface area contributed by atoms with Crippen molar-refractivity contribution in [1.82, 2.24) is 0 Å². The number of unbranched alkanes of at least 4 members (excludes halogenated alkanes) is 30. The van der Waals surface area contributed by atoms with Gasteiger partial charge in [-0.15, -0.1) is 0 Å². The molecule has 6 nitrogen and oxygen atoms in total. The summed E-state index contributed by atoms with van der Waals surface area (Å²) in [6.07, 6.45) is 42.4. The van der Waals surface area contributed by atoms with Crippen LogP contribution in [-0.2, 0) is 28.6 Å². The van der Waals surface area contributed by atoms with Crippen LogP contribution in [0.15, 0.2) is 0 Å². The number of carbonyl (C=O) groups is 3. The molecular formula is C48H92O6. The van der Waals surface area contributed by atoms with Gasteiger partial charge in [-0.1, -0.05) is 227 Å². The molecule has 1 atom stereocenters. The Hall–Kier alpha value is -1.59. The van der Waals surface area contributed by atoms with E-state index in [1.807, 2.05) is 0 Å². The average Bonchev–Trinajstić information content (AvgIpc) is 3.15. The summed E-state index contributed by atoms with van der Waals surface area (Å²) < 4.78 is 16.7. The van der Waals surface area contributed by atoms with Crippen molar-refractivity contribution in [3.63, 3.8) is 0 Å². The fourth-order valence-corrected chi connectivity index (χ4v) is 7.16. The zero-order valence-corrected chi connectivity index (χ0v) is 36.7. The maximum absolute atomic E-state index is 12.7. The Morgan fingerprint density at radius 2 is 0.611 bits per heavy atom. The lowest BCUT2D eigenvalue weighted by Gasteiger charge is -2.18. The summed E-state index contributed by atoms with van der Waals surface area (Å²) in [5, 5.41) is 0. The first-order valence-electron chi connectivity index (χ1n) is 23.9. The molecule has 0 saturated heterocycles. The van der Waals surface area contributed by atoms with Crippen molar-refractivity contribution in [2.75, 3.05) is 13.2 Å². The molecule has 54 heavy (non-hydrogen) atoms. The van der Waals surface area contributed by atoms with Crippen LogP contribution in [0.3, 0.4) is 0 Å². The molecule has 320 valence electrons. The third-order valence-corrected chi connectivity index (χ3v) is 10.8. The van der Waals surface area contributed by atoms with E-state index in [2.05, 4.69) is 27.7 Å². The highest BCUT2D eigenvalue weighted by Gasteiger charge is 2.19. The molecule has 0 saturated carbocycles. The van der Waals surface area contributed by atoms with E-state index < -0.39 is 6.10 Å². The minimum absolute atomic E-state index is 0.0641. The summed E-state index contributed by atoms with van der Waals surface area (Å²) in [6, 6.07) is 0. The number of hydrogen-bond acceptors (Lipinski definition) is 6. The van der Waals surface area contributed by atoms with E-state index in [9.17, 15) is 14.4 Å². The fourth-order valence-electron chi connectivity index (χ4n) is 7.16. The Morgan fingerprint density at radius 3 is 0.907 bits per heavy atom. The van der Waals surface area contributed by atoms with Gasteiger partial charge < -0.3 is 14.2 Å². The number of hydrogen-bond donors (Lipinski definition) is 0. The zero-order valence-electron chi connectivity index (χ0n) is 36.7. The Labute approximate surface area is 336 Å². The second-order valence-corrected chi connectivity index (χ2v) is 16.9. The molecule has 0 rings (SSSR count). The highest BCUT2D eigenvalue weighted by molar-refractivity contribution is 5.71. The minimum Gasteiger partial charge on any atom is -0.462 e. The second kappa shape index (κ2) is 42.6. The molecule has 0 aliphatic heterocycles. The van der Waals surface area contributed by atoms with Gasteiger partial charge >= 0.3 is 17.9 Å². The van der Waals surface area contributed by atoms with Crippen LogP contribution < -0.4 is 0 Å². The Bertz CT molecular complexity index is 811. The van der Waals surface area contributed by atoms with Gasteiger partial charge in [0, 0.05) is 19.3 Å². The summed E-state index contributed by atoms with van der Waals surface area (Å²) in [7, 11) is 0. The maximum Gasteiger partial charge on any atom is 0.306 e. The Kier molecular flexibility index (Phi) is 41.3. The molecule has 6 heteroatoms. The normalized spacial score (nSPS) is 11.9. The minimum atomic E-state index is -0.759. The summed E-state index contributed by atoms with van der Waals surface area (Å²) in [6.45, 7) is 8.93. The monoisotopic (exact) mass is 765 g/mol. The Morgan fingerprint density at radius 1 is 0.352 bits per heavy atom. The third kappa shape index (κ3) is 41.6. The average molecular weight is 765 g/mol. The van der Waals surface area contributed by atoms with E-state index in [0.717, 1.165) is 63.7 Å². The molecule has 0 aliphatic rings. The van der Waals surface area contributed by atoms with E-state index in [0.29, 0.717) is 19.3 Å². The lowest BCUT2D eigenvalue weighted by Crippen LogP contribution is -2.30. The first kappa shape index (κ1) is 52.4. The predicted molar refractivity (Wildman–Crippen MR) is 229 cm³/mol. The fraction of sp³-hybridized carbons (Fsp3) is 0.938. The molecule has 0 aromatic carbocycles. The molecule has 0 aliphatic carbocycles. The van der Waals surface area contributed by atoms with E-state index in [1.165, 1.54) is 161 Å². The highest BCUT2D eigenvalue weighted by Crippen LogP contribution is 2.16. The van der Waals surface area contributed by atoms with Gasteiger partial charge in [-0.05, 0) is 25.2 Å². The van der Waals surface area contributed by atoms with Crippen LogP contribution in [0.4, 0.5) is 0 Å². The van der Waals surface area contributed by atoms with E-state index in [4.69, 9.17) is 14.2 Å². The lowest BCUT2D eigenvalue weighted by atomic mass is 10.0. The zero-order chi connectivity index (χ0) is 39.6. The van der Waals surface area contributed by atoms with Gasteiger partial charge in [-0.25, -0.2) is 0 Å². The van der Waals surface area contributed by atoms with Gasteiger partial charge in [0.2, 0.25) is 0 Å². The largest absolute Gasteiger partial charge is 0.462 e.